The molecule has 0 radical (unpaired) electrons. The van der Waals surface area contributed by atoms with Crippen molar-refractivity contribution in [3.63, 3.8) is 0 Å². The molecule has 1 amide bonds. The molecule has 2 N–H and O–H groups in total. The zero-order valence-corrected chi connectivity index (χ0v) is 12.8. The summed E-state index contributed by atoms with van der Waals surface area (Å²) in [6, 6.07) is 4.46. The third kappa shape index (κ3) is 4.44. The molecule has 2 rings (SSSR count). The maximum absolute atomic E-state index is 13.1. The predicted molar refractivity (Wildman–Crippen MR) is 78.8 cm³/mol. The fourth-order valence-electron chi connectivity index (χ4n) is 2.19. The van der Waals surface area contributed by atoms with Crippen molar-refractivity contribution >= 4 is 34.2 Å². The molecule has 1 heterocycles. The third-order valence-electron chi connectivity index (χ3n) is 3.16. The molecule has 1 saturated heterocycles. The molecule has 0 unspecified atom stereocenters. The van der Waals surface area contributed by atoms with E-state index in [1.165, 1.54) is 12.1 Å². The van der Waals surface area contributed by atoms with E-state index in [2.05, 4.69) is 15.9 Å². The monoisotopic (exact) mass is 350 g/mol. The Morgan fingerprint density at radius 3 is 2.95 bits per heavy atom. The van der Waals surface area contributed by atoms with E-state index in [1.54, 1.807) is 11.0 Å². The SMILES string of the molecule is Cl.N[C@H]1CCCN(C(=O)Cc2cc(F)ccc2Br)C1. The van der Waals surface area contributed by atoms with Gasteiger partial charge in [0.25, 0.3) is 0 Å². The van der Waals surface area contributed by atoms with Crippen molar-refractivity contribution < 1.29 is 9.18 Å². The van der Waals surface area contributed by atoms with Gasteiger partial charge in [0.05, 0.1) is 6.42 Å². The Labute approximate surface area is 126 Å². The lowest BCUT2D eigenvalue weighted by molar-refractivity contribution is -0.131. The van der Waals surface area contributed by atoms with Crippen molar-refractivity contribution in [3.05, 3.63) is 34.1 Å². The molecule has 0 saturated carbocycles. The van der Waals surface area contributed by atoms with Crippen LogP contribution in [0.2, 0.25) is 0 Å². The summed E-state index contributed by atoms with van der Waals surface area (Å²) in [4.78, 5) is 13.9. The van der Waals surface area contributed by atoms with Crippen molar-refractivity contribution in [2.75, 3.05) is 13.1 Å². The molecule has 106 valence electrons. The van der Waals surface area contributed by atoms with Crippen LogP contribution in [0.4, 0.5) is 4.39 Å². The molecular formula is C13H17BrClFN2O. The number of hydrogen-bond acceptors (Lipinski definition) is 2. The van der Waals surface area contributed by atoms with Crippen molar-refractivity contribution in [2.45, 2.75) is 25.3 Å². The van der Waals surface area contributed by atoms with Gasteiger partial charge in [-0.2, -0.15) is 0 Å². The van der Waals surface area contributed by atoms with Gasteiger partial charge in [-0.3, -0.25) is 4.79 Å². The first-order valence-corrected chi connectivity index (χ1v) is 6.83. The van der Waals surface area contributed by atoms with E-state index in [9.17, 15) is 9.18 Å². The molecular weight excluding hydrogens is 335 g/mol. The molecule has 0 aromatic heterocycles. The molecule has 1 aromatic carbocycles. The van der Waals surface area contributed by atoms with Gasteiger partial charge in [-0.05, 0) is 36.6 Å². The molecule has 3 nitrogen and oxygen atoms in total. The number of amides is 1. The molecule has 0 spiro atoms. The van der Waals surface area contributed by atoms with Crippen LogP contribution in [0.3, 0.4) is 0 Å². The van der Waals surface area contributed by atoms with Crippen LogP contribution in [-0.4, -0.2) is 29.9 Å². The Morgan fingerprint density at radius 1 is 1.53 bits per heavy atom. The van der Waals surface area contributed by atoms with Crippen LogP contribution < -0.4 is 5.73 Å². The van der Waals surface area contributed by atoms with Crippen LogP contribution in [0.15, 0.2) is 22.7 Å². The molecule has 19 heavy (non-hydrogen) atoms. The van der Waals surface area contributed by atoms with E-state index >= 15 is 0 Å². The maximum atomic E-state index is 13.1. The molecule has 1 aromatic rings. The number of carbonyl (C=O) groups excluding carboxylic acids is 1. The topological polar surface area (TPSA) is 46.3 Å². The molecule has 1 aliphatic heterocycles. The average molecular weight is 352 g/mol. The minimum Gasteiger partial charge on any atom is -0.341 e. The smallest absolute Gasteiger partial charge is 0.227 e. The Balaban J connectivity index is 0.00000180. The number of piperidine rings is 1. The van der Waals surface area contributed by atoms with Crippen LogP contribution in [0.5, 0.6) is 0 Å². The van der Waals surface area contributed by atoms with Crippen LogP contribution in [0, 0.1) is 5.82 Å². The van der Waals surface area contributed by atoms with Crippen molar-refractivity contribution in [2.24, 2.45) is 5.73 Å². The molecule has 1 atom stereocenters. The number of halogens is 3. The quantitative estimate of drug-likeness (QED) is 0.890. The van der Waals surface area contributed by atoms with Crippen LogP contribution in [-0.2, 0) is 11.2 Å². The highest BCUT2D eigenvalue weighted by atomic mass is 79.9. The maximum Gasteiger partial charge on any atom is 0.227 e. The Bertz CT molecular complexity index is 458. The normalized spacial score (nSPS) is 18.9. The Hall–Kier alpha value is -0.650. The fourth-order valence-corrected chi connectivity index (χ4v) is 2.58. The highest BCUT2D eigenvalue weighted by molar-refractivity contribution is 9.10. The predicted octanol–water partition coefficient (Wildman–Crippen LogP) is 2.50. The number of benzene rings is 1. The van der Waals surface area contributed by atoms with Crippen molar-refractivity contribution in [1.29, 1.82) is 0 Å². The van der Waals surface area contributed by atoms with E-state index < -0.39 is 0 Å². The number of hydrogen-bond donors (Lipinski definition) is 1. The summed E-state index contributed by atoms with van der Waals surface area (Å²) in [5.41, 5.74) is 6.53. The standard InChI is InChI=1S/C13H16BrFN2O.ClH/c14-12-4-3-10(15)6-9(12)7-13(18)17-5-1-2-11(16)8-17;/h3-4,6,11H,1-2,5,7-8,16H2;1H/t11-;/m0./s1. The number of rotatable bonds is 2. The van der Waals surface area contributed by atoms with Crippen LogP contribution in [0.25, 0.3) is 0 Å². The van der Waals surface area contributed by atoms with E-state index in [1.807, 2.05) is 0 Å². The van der Waals surface area contributed by atoms with Gasteiger partial charge >= 0.3 is 0 Å². The molecule has 0 aliphatic carbocycles. The van der Waals surface area contributed by atoms with Crippen LogP contribution >= 0.6 is 28.3 Å². The number of nitrogens with zero attached hydrogens (tertiary/aromatic N) is 1. The number of likely N-dealkylation sites (tertiary alicyclic amines) is 1. The minimum absolute atomic E-state index is 0. The van der Waals surface area contributed by atoms with Gasteiger partial charge in [0, 0.05) is 23.6 Å². The fraction of sp³-hybridized carbons (Fsp3) is 0.462. The first-order valence-electron chi connectivity index (χ1n) is 6.03. The Morgan fingerprint density at radius 2 is 2.26 bits per heavy atom. The summed E-state index contributed by atoms with van der Waals surface area (Å²) in [5, 5.41) is 0. The van der Waals surface area contributed by atoms with Gasteiger partial charge in [0.2, 0.25) is 5.91 Å². The van der Waals surface area contributed by atoms with Gasteiger partial charge in [0.1, 0.15) is 5.82 Å². The molecule has 1 fully saturated rings. The zero-order chi connectivity index (χ0) is 13.1. The summed E-state index contributed by atoms with van der Waals surface area (Å²) >= 11 is 3.33. The molecule has 6 heteroatoms. The second-order valence-corrected chi connectivity index (χ2v) is 5.51. The first kappa shape index (κ1) is 16.4. The lowest BCUT2D eigenvalue weighted by Gasteiger charge is -2.31. The van der Waals surface area contributed by atoms with E-state index in [0.29, 0.717) is 12.1 Å². The second-order valence-electron chi connectivity index (χ2n) is 4.65. The second kappa shape index (κ2) is 7.22. The molecule has 0 bridgehead atoms. The highest BCUT2D eigenvalue weighted by Gasteiger charge is 2.21. The minimum atomic E-state index is -0.323. The van der Waals surface area contributed by atoms with Crippen molar-refractivity contribution in [3.8, 4) is 0 Å². The third-order valence-corrected chi connectivity index (χ3v) is 3.93. The summed E-state index contributed by atoms with van der Waals surface area (Å²) in [5.74, 6) is -0.312. The lowest BCUT2D eigenvalue weighted by Crippen LogP contribution is -2.46. The van der Waals surface area contributed by atoms with Gasteiger partial charge < -0.3 is 10.6 Å². The highest BCUT2D eigenvalue weighted by Crippen LogP contribution is 2.20. The lowest BCUT2D eigenvalue weighted by atomic mass is 10.1. The number of carbonyl (C=O) groups is 1. The first-order chi connectivity index (χ1) is 8.56. The summed E-state index contributed by atoms with van der Waals surface area (Å²) < 4.78 is 13.9. The van der Waals surface area contributed by atoms with Gasteiger partial charge in [0.15, 0.2) is 0 Å². The van der Waals surface area contributed by atoms with E-state index in [0.717, 1.165) is 23.9 Å². The van der Waals surface area contributed by atoms with E-state index in [4.69, 9.17) is 5.73 Å². The van der Waals surface area contributed by atoms with Crippen LogP contribution in [0.1, 0.15) is 18.4 Å². The van der Waals surface area contributed by atoms with Crippen molar-refractivity contribution in [1.82, 2.24) is 4.90 Å². The van der Waals surface area contributed by atoms with Gasteiger partial charge in [-0.25, -0.2) is 4.39 Å². The zero-order valence-electron chi connectivity index (χ0n) is 10.4. The summed E-state index contributed by atoms with van der Waals surface area (Å²) in [7, 11) is 0. The van der Waals surface area contributed by atoms with E-state index in [-0.39, 0.29) is 36.6 Å². The van der Waals surface area contributed by atoms with Gasteiger partial charge in [-0.15, -0.1) is 12.4 Å². The summed E-state index contributed by atoms with van der Waals surface area (Å²) in [6.07, 6.45) is 2.12. The average Bonchev–Trinajstić information content (AvgIpc) is 2.34. The number of nitrogens with two attached hydrogens (primary N) is 1. The molecule has 1 aliphatic rings. The summed E-state index contributed by atoms with van der Waals surface area (Å²) in [6.45, 7) is 1.35. The Kier molecular flexibility index (Phi) is 6.23. The van der Waals surface area contributed by atoms with Gasteiger partial charge in [-0.1, -0.05) is 15.9 Å². The largest absolute Gasteiger partial charge is 0.341 e.